The summed E-state index contributed by atoms with van der Waals surface area (Å²) in [6.45, 7) is 8.63. The SMILES string of the molecule is CCN(CC(NC)c1ccc(OC)cc1OC)C(C)C. The number of nitrogens with one attached hydrogen (secondary N) is 1. The normalized spacial score (nSPS) is 12.8. The zero-order chi connectivity index (χ0) is 15.1. The highest BCUT2D eigenvalue weighted by atomic mass is 16.5. The number of likely N-dealkylation sites (N-methyl/N-ethyl adjacent to an activating group) is 2. The fraction of sp³-hybridized carbons (Fsp3) is 0.625. The molecule has 114 valence electrons. The standard InChI is InChI=1S/C16H28N2O2/c1-7-18(12(2)3)11-15(17-4)14-9-8-13(19-5)10-16(14)20-6/h8-10,12,15,17H,7,11H2,1-6H3. The molecule has 0 amide bonds. The molecular weight excluding hydrogens is 252 g/mol. The first-order chi connectivity index (χ1) is 9.57. The summed E-state index contributed by atoms with van der Waals surface area (Å²) in [5.74, 6) is 1.68. The lowest BCUT2D eigenvalue weighted by molar-refractivity contribution is 0.209. The highest BCUT2D eigenvalue weighted by Gasteiger charge is 2.19. The molecule has 0 spiro atoms. The Labute approximate surface area is 123 Å². The molecule has 0 bridgehead atoms. The van der Waals surface area contributed by atoms with Crippen molar-refractivity contribution in [2.24, 2.45) is 0 Å². The van der Waals surface area contributed by atoms with Crippen LogP contribution >= 0.6 is 0 Å². The van der Waals surface area contributed by atoms with E-state index >= 15 is 0 Å². The molecule has 0 heterocycles. The second-order valence-corrected chi connectivity index (χ2v) is 5.13. The second kappa shape index (κ2) is 8.12. The molecule has 4 nitrogen and oxygen atoms in total. The molecule has 4 heteroatoms. The Morgan fingerprint density at radius 1 is 1.20 bits per heavy atom. The highest BCUT2D eigenvalue weighted by molar-refractivity contribution is 5.42. The molecule has 0 saturated carbocycles. The smallest absolute Gasteiger partial charge is 0.127 e. The summed E-state index contributed by atoms with van der Waals surface area (Å²) < 4.78 is 10.8. The number of benzene rings is 1. The minimum atomic E-state index is 0.234. The summed E-state index contributed by atoms with van der Waals surface area (Å²) in [4.78, 5) is 2.44. The van der Waals surface area contributed by atoms with Gasteiger partial charge in [0.05, 0.1) is 14.2 Å². The van der Waals surface area contributed by atoms with E-state index in [1.807, 2.05) is 19.2 Å². The van der Waals surface area contributed by atoms with Gasteiger partial charge in [-0.25, -0.2) is 0 Å². The fourth-order valence-corrected chi connectivity index (χ4v) is 2.39. The zero-order valence-electron chi connectivity index (χ0n) is 13.6. The van der Waals surface area contributed by atoms with Gasteiger partial charge in [-0.2, -0.15) is 0 Å². The largest absolute Gasteiger partial charge is 0.497 e. The van der Waals surface area contributed by atoms with Crippen LogP contribution in [0.5, 0.6) is 11.5 Å². The molecule has 20 heavy (non-hydrogen) atoms. The van der Waals surface area contributed by atoms with Gasteiger partial charge in [-0.3, -0.25) is 4.90 Å². The van der Waals surface area contributed by atoms with Gasteiger partial charge in [-0.15, -0.1) is 0 Å². The Balaban J connectivity index is 2.99. The molecule has 0 fully saturated rings. The van der Waals surface area contributed by atoms with Crippen LogP contribution in [0.15, 0.2) is 18.2 Å². The van der Waals surface area contributed by atoms with Gasteiger partial charge in [-0.05, 0) is 33.5 Å². The van der Waals surface area contributed by atoms with Crippen LogP contribution in [-0.4, -0.2) is 45.3 Å². The van der Waals surface area contributed by atoms with Crippen LogP contribution in [-0.2, 0) is 0 Å². The van der Waals surface area contributed by atoms with Gasteiger partial charge >= 0.3 is 0 Å². The Morgan fingerprint density at radius 3 is 2.35 bits per heavy atom. The average molecular weight is 280 g/mol. The van der Waals surface area contributed by atoms with E-state index in [2.05, 4.69) is 37.1 Å². The Hall–Kier alpha value is -1.26. The quantitative estimate of drug-likeness (QED) is 0.794. The van der Waals surface area contributed by atoms with Gasteiger partial charge in [-0.1, -0.05) is 13.0 Å². The molecule has 0 aliphatic heterocycles. The number of ether oxygens (including phenoxy) is 2. The number of hydrogen-bond acceptors (Lipinski definition) is 4. The first kappa shape index (κ1) is 16.8. The lowest BCUT2D eigenvalue weighted by Crippen LogP contribution is -2.38. The number of rotatable bonds is 8. The third-order valence-corrected chi connectivity index (χ3v) is 3.72. The van der Waals surface area contributed by atoms with Crippen LogP contribution in [0.25, 0.3) is 0 Å². The molecule has 0 saturated heterocycles. The van der Waals surface area contributed by atoms with E-state index in [0.29, 0.717) is 6.04 Å². The van der Waals surface area contributed by atoms with Crippen molar-refractivity contribution in [1.29, 1.82) is 0 Å². The molecular formula is C16H28N2O2. The summed E-state index contributed by atoms with van der Waals surface area (Å²) >= 11 is 0. The summed E-state index contributed by atoms with van der Waals surface area (Å²) in [5.41, 5.74) is 1.16. The fourth-order valence-electron chi connectivity index (χ4n) is 2.39. The van der Waals surface area contributed by atoms with Gasteiger partial charge in [0, 0.05) is 30.3 Å². The zero-order valence-corrected chi connectivity index (χ0v) is 13.6. The van der Waals surface area contributed by atoms with Crippen molar-refractivity contribution in [2.45, 2.75) is 32.9 Å². The summed E-state index contributed by atoms with van der Waals surface area (Å²) in [7, 11) is 5.36. The molecule has 1 rings (SSSR count). The van der Waals surface area contributed by atoms with Crippen molar-refractivity contribution in [3.8, 4) is 11.5 Å². The maximum Gasteiger partial charge on any atom is 0.127 e. The number of nitrogens with zero attached hydrogens (tertiary/aromatic N) is 1. The van der Waals surface area contributed by atoms with Crippen molar-refractivity contribution >= 4 is 0 Å². The molecule has 1 atom stereocenters. The van der Waals surface area contributed by atoms with Crippen LogP contribution in [0, 0.1) is 0 Å². The van der Waals surface area contributed by atoms with Gasteiger partial charge in [0.25, 0.3) is 0 Å². The molecule has 0 aliphatic carbocycles. The Morgan fingerprint density at radius 2 is 1.90 bits per heavy atom. The van der Waals surface area contributed by atoms with E-state index in [-0.39, 0.29) is 6.04 Å². The minimum absolute atomic E-state index is 0.234. The van der Waals surface area contributed by atoms with Crippen LogP contribution in [0.2, 0.25) is 0 Å². The molecule has 1 aromatic carbocycles. The molecule has 1 N–H and O–H groups in total. The Bertz CT molecular complexity index is 407. The number of methoxy groups -OCH3 is 2. The minimum Gasteiger partial charge on any atom is -0.497 e. The molecule has 1 unspecified atom stereocenters. The maximum absolute atomic E-state index is 5.51. The molecule has 0 aromatic heterocycles. The van der Waals surface area contributed by atoms with E-state index in [1.165, 1.54) is 0 Å². The van der Waals surface area contributed by atoms with Crippen molar-refractivity contribution in [2.75, 3.05) is 34.4 Å². The molecule has 1 aromatic rings. The predicted octanol–water partition coefficient (Wildman–Crippen LogP) is 2.69. The van der Waals surface area contributed by atoms with E-state index in [1.54, 1.807) is 14.2 Å². The van der Waals surface area contributed by atoms with Crippen LogP contribution in [0.1, 0.15) is 32.4 Å². The first-order valence-corrected chi connectivity index (χ1v) is 7.20. The summed E-state index contributed by atoms with van der Waals surface area (Å²) in [6, 6.07) is 6.75. The lowest BCUT2D eigenvalue weighted by atomic mass is 10.0. The average Bonchev–Trinajstić information content (AvgIpc) is 2.47. The monoisotopic (exact) mass is 280 g/mol. The Kier molecular flexibility index (Phi) is 6.82. The summed E-state index contributed by atoms with van der Waals surface area (Å²) in [5, 5.41) is 3.39. The summed E-state index contributed by atoms with van der Waals surface area (Å²) in [6.07, 6.45) is 0. The van der Waals surface area contributed by atoms with Crippen molar-refractivity contribution in [3.63, 3.8) is 0 Å². The van der Waals surface area contributed by atoms with E-state index in [9.17, 15) is 0 Å². The number of hydrogen-bond donors (Lipinski definition) is 1. The van der Waals surface area contributed by atoms with Crippen molar-refractivity contribution in [3.05, 3.63) is 23.8 Å². The maximum atomic E-state index is 5.51. The second-order valence-electron chi connectivity index (χ2n) is 5.13. The van der Waals surface area contributed by atoms with Crippen molar-refractivity contribution < 1.29 is 9.47 Å². The van der Waals surface area contributed by atoms with Crippen molar-refractivity contribution in [1.82, 2.24) is 10.2 Å². The highest BCUT2D eigenvalue weighted by Crippen LogP contribution is 2.30. The van der Waals surface area contributed by atoms with E-state index in [4.69, 9.17) is 9.47 Å². The van der Waals surface area contributed by atoms with Gasteiger partial charge in [0.1, 0.15) is 11.5 Å². The van der Waals surface area contributed by atoms with Crippen LogP contribution in [0.4, 0.5) is 0 Å². The van der Waals surface area contributed by atoms with E-state index in [0.717, 1.165) is 30.2 Å². The first-order valence-electron chi connectivity index (χ1n) is 7.20. The topological polar surface area (TPSA) is 33.7 Å². The van der Waals surface area contributed by atoms with Gasteiger partial charge in [0.15, 0.2) is 0 Å². The van der Waals surface area contributed by atoms with Crippen LogP contribution < -0.4 is 14.8 Å². The van der Waals surface area contributed by atoms with Crippen LogP contribution in [0.3, 0.4) is 0 Å². The van der Waals surface area contributed by atoms with Gasteiger partial charge in [0.2, 0.25) is 0 Å². The van der Waals surface area contributed by atoms with Gasteiger partial charge < -0.3 is 14.8 Å². The van der Waals surface area contributed by atoms with E-state index < -0.39 is 0 Å². The third-order valence-electron chi connectivity index (χ3n) is 3.72. The molecule has 0 aliphatic rings. The molecule has 0 radical (unpaired) electrons. The lowest BCUT2D eigenvalue weighted by Gasteiger charge is -2.30. The third kappa shape index (κ3) is 4.12. The predicted molar refractivity (Wildman–Crippen MR) is 83.7 cm³/mol.